The number of nitrogens with zero attached hydrogens (tertiary/aromatic N) is 2. The molecule has 0 saturated carbocycles. The quantitative estimate of drug-likeness (QED) is 0.845. The molecule has 2 rings (SSSR count). The molecule has 2 fully saturated rings. The van der Waals surface area contributed by atoms with Crippen LogP contribution in [0.1, 0.15) is 47.0 Å². The number of hydrogen-bond acceptors (Lipinski definition) is 3. The molecule has 0 aromatic rings. The van der Waals surface area contributed by atoms with Crippen LogP contribution in [0.4, 0.5) is 0 Å². The van der Waals surface area contributed by atoms with Crippen molar-refractivity contribution in [3.8, 4) is 0 Å². The Hall–Kier alpha value is -0.610. The van der Waals surface area contributed by atoms with E-state index in [2.05, 4.69) is 49.9 Å². The topological polar surface area (TPSA) is 35.6 Å². The summed E-state index contributed by atoms with van der Waals surface area (Å²) in [5.74, 6) is 0.882. The summed E-state index contributed by atoms with van der Waals surface area (Å²) in [6.45, 7) is 9.84. The van der Waals surface area contributed by atoms with Crippen LogP contribution < -0.4 is 5.32 Å². The Morgan fingerprint density at radius 3 is 2.63 bits per heavy atom. The van der Waals surface area contributed by atoms with Crippen LogP contribution in [0.5, 0.6) is 0 Å². The molecule has 1 N–H and O–H groups in total. The van der Waals surface area contributed by atoms with Gasteiger partial charge in [0.1, 0.15) is 0 Å². The van der Waals surface area contributed by atoms with Crippen LogP contribution in [0.3, 0.4) is 0 Å². The summed E-state index contributed by atoms with van der Waals surface area (Å²) in [4.78, 5) is 17.1. The second-order valence-corrected chi connectivity index (χ2v) is 6.78. The average Bonchev–Trinajstić information content (AvgIpc) is 2.58. The van der Waals surface area contributed by atoms with Gasteiger partial charge in [-0.2, -0.15) is 0 Å². The summed E-state index contributed by atoms with van der Waals surface area (Å²) in [5, 5.41) is 3.47. The summed E-state index contributed by atoms with van der Waals surface area (Å²) < 4.78 is 0. The lowest BCUT2D eigenvalue weighted by Crippen LogP contribution is -2.51. The van der Waals surface area contributed by atoms with E-state index in [1.165, 1.54) is 0 Å². The van der Waals surface area contributed by atoms with Crippen molar-refractivity contribution in [2.45, 2.75) is 71.2 Å². The van der Waals surface area contributed by atoms with Crippen molar-refractivity contribution in [1.82, 2.24) is 15.1 Å². The second kappa shape index (κ2) is 5.80. The number of hydrogen-bond donors (Lipinski definition) is 1. The predicted molar refractivity (Wildman–Crippen MR) is 77.8 cm³/mol. The van der Waals surface area contributed by atoms with Crippen molar-refractivity contribution >= 4 is 5.91 Å². The fourth-order valence-corrected chi connectivity index (χ4v) is 3.47. The molecule has 2 saturated heterocycles. The van der Waals surface area contributed by atoms with Gasteiger partial charge in [-0.05, 0) is 46.1 Å². The Morgan fingerprint density at radius 2 is 2.05 bits per heavy atom. The molecule has 0 aromatic carbocycles. The Bertz CT molecular complexity index is 331. The molecule has 0 spiro atoms. The first-order chi connectivity index (χ1) is 8.90. The molecular weight excluding hydrogens is 238 g/mol. The fraction of sp³-hybridized carbons (Fsp3) is 0.933. The predicted octanol–water partition coefficient (Wildman–Crippen LogP) is 1.66. The number of carbonyl (C=O) groups excluding carboxylic acids is 1. The minimum atomic E-state index is 0.0324. The molecule has 0 radical (unpaired) electrons. The van der Waals surface area contributed by atoms with Gasteiger partial charge in [0.25, 0.3) is 0 Å². The van der Waals surface area contributed by atoms with Crippen LogP contribution in [0, 0.1) is 5.92 Å². The minimum Gasteiger partial charge on any atom is -0.323 e. The lowest BCUT2D eigenvalue weighted by Gasteiger charge is -2.40. The first-order valence-electron chi connectivity index (χ1n) is 7.68. The van der Waals surface area contributed by atoms with Gasteiger partial charge in [0.05, 0.1) is 12.2 Å². The molecule has 4 atom stereocenters. The van der Waals surface area contributed by atoms with E-state index >= 15 is 0 Å². The largest absolute Gasteiger partial charge is 0.323 e. The monoisotopic (exact) mass is 267 g/mol. The maximum Gasteiger partial charge on any atom is 0.241 e. The standard InChI is InChI=1S/C15H29N3O/c1-10(2)8-14-15(19)18(12(4)16-14)13-6-7-17(5)11(3)9-13/h10-14,16H,6-9H2,1-5H3. The Labute approximate surface area is 117 Å². The van der Waals surface area contributed by atoms with Crippen molar-refractivity contribution in [3.63, 3.8) is 0 Å². The molecule has 2 aliphatic heterocycles. The second-order valence-electron chi connectivity index (χ2n) is 6.78. The zero-order chi connectivity index (χ0) is 14.2. The van der Waals surface area contributed by atoms with E-state index < -0.39 is 0 Å². The molecule has 19 heavy (non-hydrogen) atoms. The van der Waals surface area contributed by atoms with E-state index in [0.717, 1.165) is 25.8 Å². The van der Waals surface area contributed by atoms with Gasteiger partial charge in [-0.25, -0.2) is 0 Å². The van der Waals surface area contributed by atoms with Gasteiger partial charge in [0, 0.05) is 18.6 Å². The van der Waals surface area contributed by atoms with Crippen molar-refractivity contribution < 1.29 is 4.79 Å². The van der Waals surface area contributed by atoms with Gasteiger partial charge in [-0.3, -0.25) is 10.1 Å². The van der Waals surface area contributed by atoms with Gasteiger partial charge < -0.3 is 9.80 Å². The first-order valence-corrected chi connectivity index (χ1v) is 7.68. The highest BCUT2D eigenvalue weighted by Gasteiger charge is 2.41. The molecule has 110 valence electrons. The Kier molecular flexibility index (Phi) is 4.51. The van der Waals surface area contributed by atoms with Gasteiger partial charge >= 0.3 is 0 Å². The lowest BCUT2D eigenvalue weighted by atomic mass is 9.96. The number of rotatable bonds is 3. The van der Waals surface area contributed by atoms with Crippen LogP contribution in [-0.4, -0.2) is 53.6 Å². The molecule has 0 aromatic heterocycles. The molecule has 4 nitrogen and oxygen atoms in total. The minimum absolute atomic E-state index is 0.0324. The smallest absolute Gasteiger partial charge is 0.241 e. The molecule has 2 aliphatic rings. The van der Waals surface area contributed by atoms with E-state index in [0.29, 0.717) is 23.9 Å². The summed E-state index contributed by atoms with van der Waals surface area (Å²) in [7, 11) is 2.18. The third-order valence-electron chi connectivity index (χ3n) is 4.69. The normalized spacial score (nSPS) is 37.4. The fourth-order valence-electron chi connectivity index (χ4n) is 3.47. The zero-order valence-corrected chi connectivity index (χ0v) is 13.0. The maximum atomic E-state index is 12.6. The van der Waals surface area contributed by atoms with E-state index in [4.69, 9.17) is 0 Å². The molecular formula is C15H29N3O. The first kappa shape index (κ1) is 14.8. The average molecular weight is 267 g/mol. The zero-order valence-electron chi connectivity index (χ0n) is 13.0. The Balaban J connectivity index is 2.02. The van der Waals surface area contributed by atoms with Crippen molar-refractivity contribution in [2.24, 2.45) is 5.92 Å². The highest BCUT2D eigenvalue weighted by molar-refractivity contribution is 5.84. The van der Waals surface area contributed by atoms with E-state index in [-0.39, 0.29) is 12.2 Å². The molecule has 0 aliphatic carbocycles. The Morgan fingerprint density at radius 1 is 1.37 bits per heavy atom. The summed E-state index contributed by atoms with van der Waals surface area (Å²) >= 11 is 0. The highest BCUT2D eigenvalue weighted by atomic mass is 16.2. The van der Waals surface area contributed by atoms with Crippen LogP contribution >= 0.6 is 0 Å². The van der Waals surface area contributed by atoms with E-state index in [1.807, 2.05) is 0 Å². The molecule has 2 heterocycles. The van der Waals surface area contributed by atoms with Crippen molar-refractivity contribution in [2.75, 3.05) is 13.6 Å². The summed E-state index contributed by atoms with van der Waals surface area (Å²) in [6, 6.07) is 1.02. The van der Waals surface area contributed by atoms with Crippen LogP contribution in [0.15, 0.2) is 0 Å². The number of amides is 1. The van der Waals surface area contributed by atoms with Crippen molar-refractivity contribution in [3.05, 3.63) is 0 Å². The van der Waals surface area contributed by atoms with Crippen molar-refractivity contribution in [1.29, 1.82) is 0 Å². The van der Waals surface area contributed by atoms with Crippen LogP contribution in [-0.2, 0) is 4.79 Å². The van der Waals surface area contributed by atoms with E-state index in [1.54, 1.807) is 0 Å². The maximum absolute atomic E-state index is 12.6. The molecule has 1 amide bonds. The molecule has 0 bridgehead atoms. The van der Waals surface area contributed by atoms with Gasteiger partial charge in [0.15, 0.2) is 0 Å². The lowest BCUT2D eigenvalue weighted by molar-refractivity contribution is -0.133. The number of piperidine rings is 1. The van der Waals surface area contributed by atoms with Crippen LogP contribution in [0.2, 0.25) is 0 Å². The number of likely N-dealkylation sites (tertiary alicyclic amines) is 1. The van der Waals surface area contributed by atoms with Gasteiger partial charge in [-0.1, -0.05) is 13.8 Å². The van der Waals surface area contributed by atoms with Gasteiger partial charge in [0.2, 0.25) is 5.91 Å². The van der Waals surface area contributed by atoms with E-state index in [9.17, 15) is 4.79 Å². The number of carbonyl (C=O) groups is 1. The third kappa shape index (κ3) is 3.11. The van der Waals surface area contributed by atoms with Crippen LogP contribution in [0.25, 0.3) is 0 Å². The third-order valence-corrected chi connectivity index (χ3v) is 4.69. The SMILES string of the molecule is CC(C)CC1NC(C)N(C2CCN(C)C(C)C2)C1=O. The summed E-state index contributed by atoms with van der Waals surface area (Å²) in [6.07, 6.45) is 3.34. The number of nitrogens with one attached hydrogen (secondary N) is 1. The highest BCUT2D eigenvalue weighted by Crippen LogP contribution is 2.26. The van der Waals surface area contributed by atoms with Gasteiger partial charge in [-0.15, -0.1) is 0 Å². The summed E-state index contributed by atoms with van der Waals surface area (Å²) in [5.41, 5.74) is 0. The molecule has 4 unspecified atom stereocenters. The molecule has 4 heteroatoms.